The van der Waals surface area contributed by atoms with Crippen LogP contribution in [0.25, 0.3) is 0 Å². The molecule has 2 aromatic rings. The Labute approximate surface area is 168 Å². The topological polar surface area (TPSA) is 154 Å². The molecular formula is C18H21N7O3S. The summed E-state index contributed by atoms with van der Waals surface area (Å²) in [6.07, 6.45) is 3.31. The van der Waals surface area contributed by atoms with E-state index in [-0.39, 0.29) is 34.7 Å². The monoisotopic (exact) mass is 415 g/mol. The highest BCUT2D eigenvalue weighted by Crippen LogP contribution is 2.18. The van der Waals surface area contributed by atoms with E-state index in [4.69, 9.17) is 11.0 Å². The predicted octanol–water partition coefficient (Wildman–Crippen LogP) is 0.965. The van der Waals surface area contributed by atoms with Gasteiger partial charge in [0.15, 0.2) is 0 Å². The number of benzene rings is 1. The quantitative estimate of drug-likeness (QED) is 0.539. The molecule has 2 heterocycles. The van der Waals surface area contributed by atoms with Crippen LogP contribution in [-0.2, 0) is 14.8 Å². The van der Waals surface area contributed by atoms with Gasteiger partial charge in [-0.05, 0) is 37.1 Å². The van der Waals surface area contributed by atoms with Gasteiger partial charge in [-0.3, -0.25) is 4.79 Å². The third-order valence-corrected chi connectivity index (χ3v) is 5.90. The second-order valence-corrected chi connectivity index (χ2v) is 8.26. The van der Waals surface area contributed by atoms with Gasteiger partial charge in [-0.15, -0.1) is 0 Å². The van der Waals surface area contributed by atoms with Gasteiger partial charge < -0.3 is 16.0 Å². The zero-order valence-electron chi connectivity index (χ0n) is 15.6. The molecule has 1 fully saturated rings. The Morgan fingerprint density at radius 2 is 2.03 bits per heavy atom. The van der Waals surface area contributed by atoms with Crippen molar-refractivity contribution in [2.75, 3.05) is 30.7 Å². The first-order chi connectivity index (χ1) is 13.9. The molecule has 10 nitrogen and oxygen atoms in total. The predicted molar refractivity (Wildman–Crippen MR) is 107 cm³/mol. The number of nitrogens with zero attached hydrogens (tertiary/aromatic N) is 4. The Kier molecular flexibility index (Phi) is 6.26. The van der Waals surface area contributed by atoms with E-state index in [0.29, 0.717) is 25.1 Å². The highest BCUT2D eigenvalue weighted by atomic mass is 32.2. The molecular weight excluding hydrogens is 394 g/mol. The van der Waals surface area contributed by atoms with Crippen LogP contribution in [0.4, 0.5) is 17.5 Å². The maximum atomic E-state index is 12.4. The molecule has 3 rings (SSSR count). The number of hydrogen-bond acceptors (Lipinski definition) is 8. The first kappa shape index (κ1) is 20.5. The molecule has 29 heavy (non-hydrogen) atoms. The Bertz CT molecular complexity index is 1030. The number of nitrogens with one attached hydrogen (secondary N) is 2. The SMILES string of the molecule is N#Cc1cnc(Nc2ccc(S(=O)(=O)NCCCN3CCCC3=O)cc2)nc1N. The van der Waals surface area contributed by atoms with Crippen LogP contribution < -0.4 is 15.8 Å². The lowest BCUT2D eigenvalue weighted by Gasteiger charge is -2.15. The molecule has 1 aromatic heterocycles. The number of anilines is 3. The number of nitrogen functional groups attached to an aromatic ring is 1. The van der Waals surface area contributed by atoms with E-state index in [9.17, 15) is 13.2 Å². The van der Waals surface area contributed by atoms with Crippen LogP contribution in [0.2, 0.25) is 0 Å². The van der Waals surface area contributed by atoms with Crippen LogP contribution in [0.1, 0.15) is 24.8 Å². The van der Waals surface area contributed by atoms with Gasteiger partial charge in [0.1, 0.15) is 17.5 Å². The minimum atomic E-state index is -3.64. The van der Waals surface area contributed by atoms with Gasteiger partial charge in [-0.25, -0.2) is 18.1 Å². The first-order valence-corrected chi connectivity index (χ1v) is 10.5. The van der Waals surface area contributed by atoms with Gasteiger partial charge >= 0.3 is 0 Å². The van der Waals surface area contributed by atoms with Crippen LogP contribution in [-0.4, -0.2) is 48.8 Å². The molecule has 1 aromatic carbocycles. The molecule has 152 valence electrons. The van der Waals surface area contributed by atoms with Crippen molar-refractivity contribution in [2.45, 2.75) is 24.2 Å². The molecule has 0 unspecified atom stereocenters. The van der Waals surface area contributed by atoms with Crippen LogP contribution in [0.3, 0.4) is 0 Å². The van der Waals surface area contributed by atoms with Crippen molar-refractivity contribution in [1.29, 1.82) is 5.26 Å². The summed E-state index contributed by atoms with van der Waals surface area (Å²) in [5.41, 5.74) is 6.40. The fraction of sp³-hybridized carbons (Fsp3) is 0.333. The lowest BCUT2D eigenvalue weighted by molar-refractivity contribution is -0.127. The zero-order valence-corrected chi connectivity index (χ0v) is 16.4. The number of sulfonamides is 1. The average molecular weight is 415 g/mol. The maximum Gasteiger partial charge on any atom is 0.240 e. The molecule has 1 aliphatic rings. The first-order valence-electron chi connectivity index (χ1n) is 9.06. The molecule has 11 heteroatoms. The van der Waals surface area contributed by atoms with Gasteiger partial charge in [0.2, 0.25) is 21.9 Å². The summed E-state index contributed by atoms with van der Waals surface area (Å²) >= 11 is 0. The standard InChI is InChI=1S/C18H21N7O3S/c19-11-13-12-21-18(24-17(13)20)23-14-4-6-15(7-5-14)29(27,28)22-8-2-10-25-9-1-3-16(25)26/h4-7,12,22H,1-3,8-10H2,(H3,20,21,23,24). The Morgan fingerprint density at radius 1 is 1.28 bits per heavy atom. The van der Waals surface area contributed by atoms with Crippen LogP contribution in [0, 0.1) is 11.3 Å². The van der Waals surface area contributed by atoms with E-state index in [1.54, 1.807) is 17.0 Å². The molecule has 4 N–H and O–H groups in total. The fourth-order valence-electron chi connectivity index (χ4n) is 2.89. The van der Waals surface area contributed by atoms with Gasteiger partial charge in [0.25, 0.3) is 0 Å². The molecule has 1 amide bonds. The summed E-state index contributed by atoms with van der Waals surface area (Å²) in [5, 5.41) is 11.7. The van der Waals surface area contributed by atoms with Crippen molar-refractivity contribution in [3.8, 4) is 6.07 Å². The number of carbonyl (C=O) groups is 1. The summed E-state index contributed by atoms with van der Waals surface area (Å²) < 4.78 is 27.3. The Balaban J connectivity index is 1.54. The summed E-state index contributed by atoms with van der Waals surface area (Å²) in [6, 6.07) is 7.96. The normalized spacial score (nSPS) is 14.0. The zero-order chi connectivity index (χ0) is 20.9. The number of nitrogens with two attached hydrogens (primary N) is 1. The van der Waals surface area contributed by atoms with E-state index in [1.807, 2.05) is 6.07 Å². The number of rotatable bonds is 8. The van der Waals surface area contributed by atoms with Crippen molar-refractivity contribution in [2.24, 2.45) is 0 Å². The third kappa shape index (κ3) is 5.18. The average Bonchev–Trinajstić information content (AvgIpc) is 3.11. The third-order valence-electron chi connectivity index (χ3n) is 4.43. The number of carbonyl (C=O) groups excluding carboxylic acids is 1. The van der Waals surface area contributed by atoms with E-state index in [1.165, 1.54) is 18.3 Å². The minimum Gasteiger partial charge on any atom is -0.382 e. The van der Waals surface area contributed by atoms with Gasteiger partial charge in [-0.1, -0.05) is 0 Å². The van der Waals surface area contributed by atoms with E-state index in [0.717, 1.165) is 13.0 Å². The molecule has 0 saturated carbocycles. The van der Waals surface area contributed by atoms with Gasteiger partial charge in [0.05, 0.1) is 11.1 Å². The van der Waals surface area contributed by atoms with Gasteiger partial charge in [0, 0.05) is 31.7 Å². The van der Waals surface area contributed by atoms with Crippen molar-refractivity contribution < 1.29 is 13.2 Å². The lowest BCUT2D eigenvalue weighted by atomic mass is 10.3. The van der Waals surface area contributed by atoms with E-state index in [2.05, 4.69) is 20.0 Å². The van der Waals surface area contributed by atoms with Crippen LogP contribution in [0.15, 0.2) is 35.4 Å². The highest BCUT2D eigenvalue weighted by Gasteiger charge is 2.20. The largest absolute Gasteiger partial charge is 0.382 e. The summed E-state index contributed by atoms with van der Waals surface area (Å²) in [7, 11) is -3.64. The smallest absolute Gasteiger partial charge is 0.240 e. The number of amides is 1. The molecule has 0 bridgehead atoms. The van der Waals surface area contributed by atoms with Crippen molar-refractivity contribution in [1.82, 2.24) is 19.6 Å². The van der Waals surface area contributed by atoms with Crippen molar-refractivity contribution in [3.05, 3.63) is 36.0 Å². The molecule has 0 spiro atoms. The molecule has 1 aliphatic heterocycles. The summed E-state index contributed by atoms with van der Waals surface area (Å²) in [5.74, 6) is 0.389. The minimum absolute atomic E-state index is 0.0593. The highest BCUT2D eigenvalue weighted by molar-refractivity contribution is 7.89. The molecule has 0 atom stereocenters. The number of hydrogen-bond donors (Lipinski definition) is 3. The van der Waals surface area contributed by atoms with Crippen molar-refractivity contribution in [3.63, 3.8) is 0 Å². The number of likely N-dealkylation sites (tertiary alicyclic amines) is 1. The fourth-order valence-corrected chi connectivity index (χ4v) is 3.96. The van der Waals surface area contributed by atoms with Gasteiger partial charge in [-0.2, -0.15) is 10.2 Å². The van der Waals surface area contributed by atoms with E-state index >= 15 is 0 Å². The molecule has 1 saturated heterocycles. The number of nitriles is 1. The second-order valence-electron chi connectivity index (χ2n) is 6.49. The summed E-state index contributed by atoms with van der Waals surface area (Å²) in [4.78, 5) is 21.4. The van der Waals surface area contributed by atoms with Crippen molar-refractivity contribution >= 4 is 33.4 Å². The molecule has 0 aliphatic carbocycles. The van der Waals surface area contributed by atoms with Crippen LogP contribution >= 0.6 is 0 Å². The summed E-state index contributed by atoms with van der Waals surface area (Å²) in [6.45, 7) is 1.55. The molecule has 0 radical (unpaired) electrons. The second kappa shape index (κ2) is 8.85. The Morgan fingerprint density at radius 3 is 2.66 bits per heavy atom. The van der Waals surface area contributed by atoms with E-state index < -0.39 is 10.0 Å². The lowest BCUT2D eigenvalue weighted by Crippen LogP contribution is -2.30. The van der Waals surface area contributed by atoms with Crippen LogP contribution in [0.5, 0.6) is 0 Å². The Hall–Kier alpha value is -3.23. The maximum absolute atomic E-state index is 12.4. The number of aromatic nitrogens is 2.